The van der Waals surface area contributed by atoms with Gasteiger partial charge in [-0.15, -0.1) is 0 Å². The number of amides is 2. The SMILES string of the molecule is CC(=O)N1CCCN(C(=O)[C@@H]2C[C@H]2c2cccc3ccccc23)CC1. The molecule has 4 heteroatoms. The Hall–Kier alpha value is -2.36. The molecule has 0 aromatic heterocycles. The summed E-state index contributed by atoms with van der Waals surface area (Å²) in [6.45, 7) is 4.46. The van der Waals surface area contributed by atoms with Crippen molar-refractivity contribution < 1.29 is 9.59 Å². The second-order valence-electron chi connectivity index (χ2n) is 7.20. The summed E-state index contributed by atoms with van der Waals surface area (Å²) in [6, 6.07) is 14.8. The largest absolute Gasteiger partial charge is 0.341 e. The van der Waals surface area contributed by atoms with E-state index in [2.05, 4.69) is 42.5 Å². The van der Waals surface area contributed by atoms with Crippen molar-refractivity contribution in [3.8, 4) is 0 Å². The molecule has 2 aromatic carbocycles. The summed E-state index contributed by atoms with van der Waals surface area (Å²) in [5.41, 5.74) is 1.30. The molecule has 2 aromatic rings. The first kappa shape index (κ1) is 16.1. The molecule has 25 heavy (non-hydrogen) atoms. The average molecular weight is 336 g/mol. The van der Waals surface area contributed by atoms with Crippen LogP contribution in [-0.4, -0.2) is 47.8 Å². The van der Waals surface area contributed by atoms with E-state index in [4.69, 9.17) is 0 Å². The number of carbonyl (C=O) groups is 2. The van der Waals surface area contributed by atoms with E-state index in [-0.39, 0.29) is 17.7 Å². The monoisotopic (exact) mass is 336 g/mol. The summed E-state index contributed by atoms with van der Waals surface area (Å²) in [7, 11) is 0. The maximum Gasteiger partial charge on any atom is 0.226 e. The van der Waals surface area contributed by atoms with Crippen LogP contribution in [0.15, 0.2) is 42.5 Å². The molecule has 4 rings (SSSR count). The van der Waals surface area contributed by atoms with E-state index in [1.165, 1.54) is 16.3 Å². The third-order valence-electron chi connectivity index (χ3n) is 5.58. The Morgan fingerprint density at radius 1 is 0.920 bits per heavy atom. The predicted octanol–water partition coefficient (Wildman–Crippen LogP) is 3.02. The fraction of sp³-hybridized carbons (Fsp3) is 0.429. The van der Waals surface area contributed by atoms with Gasteiger partial charge in [0.25, 0.3) is 0 Å². The minimum Gasteiger partial charge on any atom is -0.341 e. The molecule has 0 N–H and O–H groups in total. The molecule has 2 fully saturated rings. The molecule has 1 saturated heterocycles. The lowest BCUT2D eigenvalue weighted by molar-refractivity contribution is -0.133. The highest BCUT2D eigenvalue weighted by Crippen LogP contribution is 2.50. The smallest absolute Gasteiger partial charge is 0.226 e. The van der Waals surface area contributed by atoms with Crippen LogP contribution >= 0.6 is 0 Å². The zero-order chi connectivity index (χ0) is 17.4. The van der Waals surface area contributed by atoms with Crippen LogP contribution in [0.25, 0.3) is 10.8 Å². The molecule has 2 atom stereocenters. The molecule has 1 aliphatic carbocycles. The van der Waals surface area contributed by atoms with E-state index in [1.54, 1.807) is 6.92 Å². The van der Waals surface area contributed by atoms with Crippen LogP contribution in [0.1, 0.15) is 31.2 Å². The molecule has 4 nitrogen and oxygen atoms in total. The van der Waals surface area contributed by atoms with Crippen LogP contribution in [0.5, 0.6) is 0 Å². The van der Waals surface area contributed by atoms with Crippen molar-refractivity contribution in [1.29, 1.82) is 0 Å². The molecular formula is C21H24N2O2. The number of fused-ring (bicyclic) bond motifs is 1. The fourth-order valence-corrected chi connectivity index (χ4v) is 4.07. The lowest BCUT2D eigenvalue weighted by atomic mass is 10.00. The van der Waals surface area contributed by atoms with Gasteiger partial charge in [-0.25, -0.2) is 0 Å². The van der Waals surface area contributed by atoms with Crippen molar-refractivity contribution in [1.82, 2.24) is 9.80 Å². The topological polar surface area (TPSA) is 40.6 Å². The van der Waals surface area contributed by atoms with Gasteiger partial charge in [-0.3, -0.25) is 9.59 Å². The van der Waals surface area contributed by atoms with Gasteiger partial charge < -0.3 is 9.80 Å². The summed E-state index contributed by atoms with van der Waals surface area (Å²) in [5.74, 6) is 0.818. The van der Waals surface area contributed by atoms with Gasteiger partial charge in [0, 0.05) is 39.0 Å². The highest BCUT2D eigenvalue weighted by Gasteiger charge is 2.46. The van der Waals surface area contributed by atoms with Crippen LogP contribution in [0.3, 0.4) is 0 Å². The summed E-state index contributed by atoms with van der Waals surface area (Å²) in [4.78, 5) is 28.3. The Labute approximate surface area is 148 Å². The highest BCUT2D eigenvalue weighted by molar-refractivity contribution is 5.89. The first-order valence-electron chi connectivity index (χ1n) is 9.17. The minimum atomic E-state index is 0.106. The van der Waals surface area contributed by atoms with Crippen LogP contribution < -0.4 is 0 Å². The molecule has 0 unspecified atom stereocenters. The van der Waals surface area contributed by atoms with E-state index in [0.29, 0.717) is 19.0 Å². The van der Waals surface area contributed by atoms with Gasteiger partial charge in [0.15, 0.2) is 0 Å². The van der Waals surface area contributed by atoms with Gasteiger partial charge in [0.05, 0.1) is 0 Å². The molecule has 130 valence electrons. The molecular weight excluding hydrogens is 312 g/mol. The molecule has 0 bridgehead atoms. The van der Waals surface area contributed by atoms with Crippen molar-refractivity contribution in [2.75, 3.05) is 26.2 Å². The molecule has 1 heterocycles. The van der Waals surface area contributed by atoms with Crippen molar-refractivity contribution in [2.45, 2.75) is 25.7 Å². The maximum absolute atomic E-state index is 12.9. The van der Waals surface area contributed by atoms with Crippen LogP contribution in [0.2, 0.25) is 0 Å². The Morgan fingerprint density at radius 2 is 1.64 bits per heavy atom. The lowest BCUT2D eigenvalue weighted by Crippen LogP contribution is -2.37. The normalized spacial score (nSPS) is 23.4. The Morgan fingerprint density at radius 3 is 2.48 bits per heavy atom. The van der Waals surface area contributed by atoms with Crippen molar-refractivity contribution >= 4 is 22.6 Å². The Balaban J connectivity index is 1.47. The van der Waals surface area contributed by atoms with Gasteiger partial charge in [-0.05, 0) is 35.1 Å². The van der Waals surface area contributed by atoms with Gasteiger partial charge >= 0.3 is 0 Å². The third kappa shape index (κ3) is 3.13. The molecule has 2 aliphatic rings. The van der Waals surface area contributed by atoms with E-state index in [1.807, 2.05) is 9.80 Å². The number of hydrogen-bond acceptors (Lipinski definition) is 2. The number of benzene rings is 2. The third-order valence-corrected chi connectivity index (χ3v) is 5.58. The molecule has 0 spiro atoms. The zero-order valence-corrected chi connectivity index (χ0v) is 14.6. The Bertz CT molecular complexity index is 811. The lowest BCUT2D eigenvalue weighted by Gasteiger charge is -2.21. The van der Waals surface area contributed by atoms with Gasteiger partial charge in [0.2, 0.25) is 11.8 Å². The quantitative estimate of drug-likeness (QED) is 0.846. The van der Waals surface area contributed by atoms with Crippen LogP contribution in [-0.2, 0) is 9.59 Å². The maximum atomic E-state index is 12.9. The summed E-state index contributed by atoms with van der Waals surface area (Å²) >= 11 is 0. The predicted molar refractivity (Wildman–Crippen MR) is 98.2 cm³/mol. The van der Waals surface area contributed by atoms with Crippen molar-refractivity contribution in [3.05, 3.63) is 48.0 Å². The standard InChI is InChI=1S/C21H24N2O2/c1-15(24)22-10-5-11-23(13-12-22)21(25)20-14-19(20)18-9-4-7-16-6-2-3-8-17(16)18/h2-4,6-9,19-20H,5,10-14H2,1H3/t19-,20+/m0/s1. The minimum absolute atomic E-state index is 0.106. The zero-order valence-electron chi connectivity index (χ0n) is 14.6. The van der Waals surface area contributed by atoms with Gasteiger partial charge in [-0.1, -0.05) is 42.5 Å². The molecule has 0 radical (unpaired) electrons. The van der Waals surface area contributed by atoms with Crippen molar-refractivity contribution in [2.24, 2.45) is 5.92 Å². The van der Waals surface area contributed by atoms with E-state index in [0.717, 1.165) is 25.9 Å². The van der Waals surface area contributed by atoms with E-state index >= 15 is 0 Å². The van der Waals surface area contributed by atoms with E-state index in [9.17, 15) is 9.59 Å². The second kappa shape index (κ2) is 6.51. The molecule has 2 amide bonds. The molecule has 1 aliphatic heterocycles. The average Bonchev–Trinajstić information content (AvgIpc) is 3.44. The number of rotatable bonds is 2. The Kier molecular flexibility index (Phi) is 4.20. The fourth-order valence-electron chi connectivity index (χ4n) is 4.07. The van der Waals surface area contributed by atoms with Crippen LogP contribution in [0, 0.1) is 5.92 Å². The number of carbonyl (C=O) groups excluding carboxylic acids is 2. The van der Waals surface area contributed by atoms with Crippen molar-refractivity contribution in [3.63, 3.8) is 0 Å². The second-order valence-corrected chi connectivity index (χ2v) is 7.20. The van der Waals surface area contributed by atoms with Gasteiger partial charge in [-0.2, -0.15) is 0 Å². The summed E-state index contributed by atoms with van der Waals surface area (Å²) in [5, 5.41) is 2.51. The van der Waals surface area contributed by atoms with Gasteiger partial charge in [0.1, 0.15) is 0 Å². The first-order valence-corrected chi connectivity index (χ1v) is 9.17. The first-order chi connectivity index (χ1) is 12.1. The molecule has 1 saturated carbocycles. The summed E-state index contributed by atoms with van der Waals surface area (Å²) in [6.07, 6.45) is 1.82. The van der Waals surface area contributed by atoms with Crippen LogP contribution in [0.4, 0.5) is 0 Å². The van der Waals surface area contributed by atoms with E-state index < -0.39 is 0 Å². The number of nitrogens with zero attached hydrogens (tertiary/aromatic N) is 2. The highest BCUT2D eigenvalue weighted by atomic mass is 16.2. The summed E-state index contributed by atoms with van der Waals surface area (Å²) < 4.78 is 0. The number of hydrogen-bond donors (Lipinski definition) is 0.